The Balaban J connectivity index is 1.20. The van der Waals surface area contributed by atoms with Gasteiger partial charge in [0.2, 0.25) is 11.8 Å². The van der Waals surface area contributed by atoms with Gasteiger partial charge in [-0.15, -0.1) is 0 Å². The number of nitrogens with zero attached hydrogens (tertiary/aromatic N) is 1. The number of likely N-dealkylation sites (tertiary alicyclic amines) is 1. The van der Waals surface area contributed by atoms with Gasteiger partial charge in [-0.25, -0.2) is 8.78 Å². The number of ether oxygens (including phenoxy) is 1. The fraction of sp³-hybridized carbons (Fsp3) is 0.722. The van der Waals surface area contributed by atoms with Crippen molar-refractivity contribution in [3.05, 3.63) is 24.2 Å². The number of halogens is 2. The predicted octanol–water partition coefficient (Wildman–Crippen LogP) is 2.42. The molecule has 2 aliphatic heterocycles. The van der Waals surface area contributed by atoms with Crippen molar-refractivity contribution in [2.45, 2.75) is 43.8 Å². The Hall–Kier alpha value is -1.47. The van der Waals surface area contributed by atoms with Crippen molar-refractivity contribution in [2.75, 3.05) is 26.2 Å². The van der Waals surface area contributed by atoms with Crippen LogP contribution in [0, 0.1) is 11.8 Å². The molecule has 1 aliphatic carbocycles. The average molecular weight is 354 g/mol. The van der Waals surface area contributed by atoms with Gasteiger partial charge in [0.1, 0.15) is 5.76 Å². The molecule has 1 atom stereocenters. The van der Waals surface area contributed by atoms with Gasteiger partial charge in [0, 0.05) is 45.0 Å². The molecular formula is C18H24F2N2O3. The van der Waals surface area contributed by atoms with Crippen LogP contribution in [0.1, 0.15) is 31.4 Å². The van der Waals surface area contributed by atoms with Gasteiger partial charge in [0.15, 0.2) is 0 Å². The highest BCUT2D eigenvalue weighted by Crippen LogP contribution is 2.43. The van der Waals surface area contributed by atoms with Crippen LogP contribution in [0.3, 0.4) is 0 Å². The smallest absolute Gasteiger partial charge is 0.249 e. The summed E-state index contributed by atoms with van der Waals surface area (Å²) in [5, 5.41) is 2.83. The minimum absolute atomic E-state index is 0.110. The van der Waals surface area contributed by atoms with Gasteiger partial charge < -0.3 is 14.5 Å². The summed E-state index contributed by atoms with van der Waals surface area (Å²) < 4.78 is 37.1. The van der Waals surface area contributed by atoms with Crippen molar-refractivity contribution >= 4 is 5.91 Å². The van der Waals surface area contributed by atoms with Crippen molar-refractivity contribution in [1.29, 1.82) is 0 Å². The second-order valence-corrected chi connectivity index (χ2v) is 7.66. The summed E-state index contributed by atoms with van der Waals surface area (Å²) in [6.07, 6.45) is 2.89. The van der Waals surface area contributed by atoms with E-state index in [1.807, 2.05) is 12.1 Å². The second-order valence-electron chi connectivity index (χ2n) is 7.66. The average Bonchev–Trinajstić information content (AvgIpc) is 3.14. The van der Waals surface area contributed by atoms with E-state index in [2.05, 4.69) is 10.2 Å². The van der Waals surface area contributed by atoms with E-state index in [-0.39, 0.29) is 24.3 Å². The Morgan fingerprint density at radius 3 is 2.84 bits per heavy atom. The molecule has 3 fully saturated rings. The molecule has 1 spiro atoms. The van der Waals surface area contributed by atoms with Gasteiger partial charge in [-0.05, 0) is 30.9 Å². The summed E-state index contributed by atoms with van der Waals surface area (Å²) in [5.41, 5.74) is -0.110. The fourth-order valence-electron chi connectivity index (χ4n) is 4.35. The van der Waals surface area contributed by atoms with E-state index >= 15 is 0 Å². The first-order valence-corrected chi connectivity index (χ1v) is 9.00. The van der Waals surface area contributed by atoms with E-state index in [0.717, 1.165) is 44.8 Å². The van der Waals surface area contributed by atoms with E-state index < -0.39 is 11.8 Å². The Morgan fingerprint density at radius 1 is 1.36 bits per heavy atom. The maximum absolute atomic E-state index is 12.8. The Bertz CT molecular complexity index is 606. The van der Waals surface area contributed by atoms with Gasteiger partial charge in [-0.2, -0.15) is 0 Å². The second kappa shape index (κ2) is 6.36. The molecule has 0 radical (unpaired) electrons. The van der Waals surface area contributed by atoms with Gasteiger partial charge in [0.25, 0.3) is 0 Å². The first-order valence-electron chi connectivity index (χ1n) is 9.00. The number of nitrogens with one attached hydrogen (secondary N) is 1. The Morgan fingerprint density at radius 2 is 2.16 bits per heavy atom. The molecule has 0 bridgehead atoms. The van der Waals surface area contributed by atoms with E-state index in [0.29, 0.717) is 12.5 Å². The lowest BCUT2D eigenvalue weighted by atomic mass is 9.78. The van der Waals surface area contributed by atoms with E-state index in [1.165, 1.54) is 0 Å². The lowest BCUT2D eigenvalue weighted by Crippen LogP contribution is -2.64. The SMILES string of the molecule is O=C(NCCC1CCOC12CN(Cc1ccco1)C2)C1CC(F)(F)C1. The number of amides is 1. The van der Waals surface area contributed by atoms with Crippen LogP contribution in [0.2, 0.25) is 0 Å². The lowest BCUT2D eigenvalue weighted by molar-refractivity contribution is -0.150. The quantitative estimate of drug-likeness (QED) is 0.852. The zero-order chi connectivity index (χ0) is 17.5. The largest absolute Gasteiger partial charge is 0.468 e. The van der Waals surface area contributed by atoms with Crippen molar-refractivity contribution in [1.82, 2.24) is 10.2 Å². The first-order chi connectivity index (χ1) is 12.0. The zero-order valence-corrected chi connectivity index (χ0v) is 14.2. The first kappa shape index (κ1) is 17.0. The van der Waals surface area contributed by atoms with Gasteiger partial charge in [-0.3, -0.25) is 9.69 Å². The number of rotatable bonds is 6. The third-order valence-corrected chi connectivity index (χ3v) is 5.79. The number of carbonyl (C=O) groups excluding carboxylic acids is 1. The van der Waals surface area contributed by atoms with Crippen LogP contribution in [0.25, 0.3) is 0 Å². The zero-order valence-electron chi connectivity index (χ0n) is 14.2. The number of furan rings is 1. The molecule has 2 saturated heterocycles. The van der Waals surface area contributed by atoms with Gasteiger partial charge in [0.05, 0.1) is 18.4 Å². The fourth-order valence-corrected chi connectivity index (χ4v) is 4.35. The summed E-state index contributed by atoms with van der Waals surface area (Å²) in [6, 6.07) is 3.86. The third-order valence-electron chi connectivity index (χ3n) is 5.79. The molecule has 3 aliphatic rings. The minimum atomic E-state index is -2.64. The summed E-state index contributed by atoms with van der Waals surface area (Å²) in [5.74, 6) is -2.03. The minimum Gasteiger partial charge on any atom is -0.468 e. The molecule has 1 saturated carbocycles. The number of alkyl halides is 2. The summed E-state index contributed by atoms with van der Waals surface area (Å²) >= 11 is 0. The van der Waals surface area contributed by atoms with Crippen LogP contribution in [0.4, 0.5) is 8.78 Å². The standard InChI is InChI=1S/C18H24F2N2O3/c19-18(20)8-13(9-18)16(23)21-5-3-14-4-7-25-17(14)11-22(12-17)10-15-2-1-6-24-15/h1-2,6,13-14H,3-5,7-12H2,(H,21,23). The molecule has 1 N–H and O–H groups in total. The van der Waals surface area contributed by atoms with Crippen molar-refractivity contribution in [2.24, 2.45) is 11.8 Å². The molecule has 1 unspecified atom stereocenters. The van der Waals surface area contributed by atoms with Crippen molar-refractivity contribution in [3.8, 4) is 0 Å². The third kappa shape index (κ3) is 3.44. The molecule has 4 rings (SSSR count). The van der Waals surface area contributed by atoms with Crippen LogP contribution < -0.4 is 5.32 Å². The van der Waals surface area contributed by atoms with E-state index in [9.17, 15) is 13.6 Å². The van der Waals surface area contributed by atoms with Crippen LogP contribution in [-0.4, -0.2) is 48.6 Å². The number of carbonyl (C=O) groups is 1. The molecule has 138 valence electrons. The van der Waals surface area contributed by atoms with Crippen LogP contribution in [0.15, 0.2) is 22.8 Å². The maximum Gasteiger partial charge on any atom is 0.249 e. The summed E-state index contributed by atoms with van der Waals surface area (Å²) in [4.78, 5) is 14.2. The molecule has 1 aromatic rings. The summed E-state index contributed by atoms with van der Waals surface area (Å²) in [6.45, 7) is 3.83. The van der Waals surface area contributed by atoms with Gasteiger partial charge >= 0.3 is 0 Å². The molecule has 5 nitrogen and oxygen atoms in total. The molecule has 1 amide bonds. The van der Waals surface area contributed by atoms with Gasteiger partial charge in [-0.1, -0.05) is 0 Å². The molecule has 7 heteroatoms. The Kier molecular flexibility index (Phi) is 4.32. The van der Waals surface area contributed by atoms with Crippen LogP contribution in [0.5, 0.6) is 0 Å². The highest BCUT2D eigenvalue weighted by Gasteiger charge is 2.53. The highest BCUT2D eigenvalue weighted by molar-refractivity contribution is 5.79. The number of hydrogen-bond acceptors (Lipinski definition) is 4. The predicted molar refractivity (Wildman–Crippen MR) is 86.1 cm³/mol. The number of hydrogen-bond donors (Lipinski definition) is 1. The topological polar surface area (TPSA) is 54.7 Å². The molecule has 3 heterocycles. The maximum atomic E-state index is 12.8. The van der Waals surface area contributed by atoms with Crippen LogP contribution in [-0.2, 0) is 16.1 Å². The van der Waals surface area contributed by atoms with Crippen molar-refractivity contribution in [3.63, 3.8) is 0 Å². The van der Waals surface area contributed by atoms with Crippen molar-refractivity contribution < 1.29 is 22.7 Å². The molecule has 0 aromatic carbocycles. The molecule has 25 heavy (non-hydrogen) atoms. The van der Waals surface area contributed by atoms with E-state index in [4.69, 9.17) is 9.15 Å². The summed E-state index contributed by atoms with van der Waals surface area (Å²) in [7, 11) is 0. The van der Waals surface area contributed by atoms with E-state index in [1.54, 1.807) is 6.26 Å². The lowest BCUT2D eigenvalue weighted by Gasteiger charge is -2.50. The monoisotopic (exact) mass is 354 g/mol. The van der Waals surface area contributed by atoms with Crippen LogP contribution >= 0.6 is 0 Å². The molecular weight excluding hydrogens is 330 g/mol. The highest BCUT2D eigenvalue weighted by atomic mass is 19.3. The Labute approximate surface area is 145 Å². The molecule has 1 aromatic heterocycles. The normalized spacial score (nSPS) is 27.8.